The molecule has 0 fully saturated rings. The van der Waals surface area contributed by atoms with Crippen LogP contribution >= 0.6 is 11.3 Å². The monoisotopic (exact) mass is 641 g/mol. The van der Waals surface area contributed by atoms with Gasteiger partial charge in [0, 0.05) is 53.3 Å². The first kappa shape index (κ1) is 26.8. The highest BCUT2D eigenvalue weighted by molar-refractivity contribution is 7.27. The third-order valence-electron chi connectivity index (χ3n) is 10.1. The van der Waals surface area contributed by atoms with Gasteiger partial charge in [-0.3, -0.25) is 4.57 Å². The highest BCUT2D eigenvalue weighted by Gasteiger charge is 2.23. The summed E-state index contributed by atoms with van der Waals surface area (Å²) in [6, 6.07) is 59.1. The molecule has 3 aromatic heterocycles. The SMILES string of the molecule is c1ccc(-n2c(-c3ccc(-n4c5ccccc5c5c6ccccc6c6sc7c8ccccc8ccc7c6c54)cc3)nc3ccccc32)cc1. The molecule has 3 heterocycles. The molecule has 8 aromatic carbocycles. The third kappa shape index (κ3) is 3.75. The van der Waals surface area contributed by atoms with E-state index >= 15 is 0 Å². The van der Waals surface area contributed by atoms with Crippen LogP contribution in [0.1, 0.15) is 0 Å². The van der Waals surface area contributed by atoms with Gasteiger partial charge in [0.2, 0.25) is 0 Å². The van der Waals surface area contributed by atoms with Crippen LogP contribution in [0.5, 0.6) is 0 Å². The summed E-state index contributed by atoms with van der Waals surface area (Å²) >= 11 is 1.93. The Morgan fingerprint density at radius 1 is 0.408 bits per heavy atom. The summed E-state index contributed by atoms with van der Waals surface area (Å²) in [6.07, 6.45) is 0. The lowest BCUT2D eigenvalue weighted by Crippen LogP contribution is -1.98. The Hall–Kier alpha value is -6.23. The number of benzene rings is 8. The first-order chi connectivity index (χ1) is 24.3. The van der Waals surface area contributed by atoms with Crippen molar-refractivity contribution in [1.82, 2.24) is 14.1 Å². The fraction of sp³-hybridized carbons (Fsp3) is 0. The molecule has 0 unspecified atom stereocenters. The summed E-state index contributed by atoms with van der Waals surface area (Å²) in [7, 11) is 0. The van der Waals surface area contributed by atoms with E-state index < -0.39 is 0 Å². The fourth-order valence-electron chi connectivity index (χ4n) is 7.98. The maximum absolute atomic E-state index is 5.14. The number of aromatic nitrogens is 3. The van der Waals surface area contributed by atoms with Crippen molar-refractivity contribution in [1.29, 1.82) is 0 Å². The molecule has 0 atom stereocenters. The Morgan fingerprint density at radius 2 is 1.06 bits per heavy atom. The van der Waals surface area contributed by atoms with Gasteiger partial charge in [0.1, 0.15) is 5.82 Å². The van der Waals surface area contributed by atoms with Crippen LogP contribution in [-0.4, -0.2) is 14.1 Å². The number of imidazole rings is 1. The maximum atomic E-state index is 5.14. The molecule has 0 aliphatic heterocycles. The van der Waals surface area contributed by atoms with E-state index in [0.717, 1.165) is 33.8 Å². The van der Waals surface area contributed by atoms with Crippen LogP contribution in [0.25, 0.3) is 97.3 Å². The molecule has 49 heavy (non-hydrogen) atoms. The lowest BCUT2D eigenvalue weighted by Gasteiger charge is -2.13. The lowest BCUT2D eigenvalue weighted by molar-refractivity contribution is 1.10. The summed E-state index contributed by atoms with van der Waals surface area (Å²) in [6.45, 7) is 0. The molecule has 0 bridgehead atoms. The van der Waals surface area contributed by atoms with Gasteiger partial charge in [0.15, 0.2) is 0 Å². The number of thiophene rings is 1. The van der Waals surface area contributed by atoms with Crippen LogP contribution in [0, 0.1) is 0 Å². The van der Waals surface area contributed by atoms with Crippen molar-refractivity contribution in [3.05, 3.63) is 164 Å². The van der Waals surface area contributed by atoms with Gasteiger partial charge in [-0.1, -0.05) is 109 Å². The zero-order chi connectivity index (χ0) is 32.1. The van der Waals surface area contributed by atoms with Crippen LogP contribution in [0.3, 0.4) is 0 Å². The molecule has 0 aliphatic carbocycles. The Morgan fingerprint density at radius 3 is 1.90 bits per heavy atom. The normalized spacial score (nSPS) is 12.1. The van der Waals surface area contributed by atoms with E-state index in [1.54, 1.807) is 0 Å². The minimum atomic E-state index is 0.935. The van der Waals surface area contributed by atoms with E-state index in [4.69, 9.17) is 4.98 Å². The zero-order valence-electron chi connectivity index (χ0n) is 26.3. The maximum Gasteiger partial charge on any atom is 0.145 e. The van der Waals surface area contributed by atoms with E-state index in [0.29, 0.717) is 0 Å². The number of hydrogen-bond acceptors (Lipinski definition) is 2. The molecule has 0 saturated carbocycles. The first-order valence-corrected chi connectivity index (χ1v) is 17.5. The standard InChI is InChI=1S/C45H27N3S/c1-2-13-30(14-3-1)48-39-21-11-9-19-37(39)46-45(48)29-22-25-31(26-23-29)47-38-20-10-8-18-35(38)40-33-16-6-7-17-34(33)44-41(42(40)47)36-27-24-28-12-4-5-15-32(28)43(36)49-44/h1-27H. The van der Waals surface area contributed by atoms with Crippen molar-refractivity contribution in [2.45, 2.75) is 0 Å². The van der Waals surface area contributed by atoms with Gasteiger partial charge >= 0.3 is 0 Å². The number of hydrogen-bond donors (Lipinski definition) is 0. The largest absolute Gasteiger partial charge is 0.309 e. The fourth-order valence-corrected chi connectivity index (χ4v) is 9.36. The van der Waals surface area contributed by atoms with Crippen LogP contribution < -0.4 is 0 Å². The molecule has 0 amide bonds. The van der Waals surface area contributed by atoms with Gasteiger partial charge in [0.25, 0.3) is 0 Å². The average molecular weight is 642 g/mol. The highest BCUT2D eigenvalue weighted by Crippen LogP contribution is 2.49. The van der Waals surface area contributed by atoms with Gasteiger partial charge in [-0.25, -0.2) is 4.98 Å². The molecule has 0 aliphatic rings. The molecule has 228 valence electrons. The summed E-state index contributed by atoms with van der Waals surface area (Å²) < 4.78 is 7.44. The second-order valence-electron chi connectivity index (χ2n) is 12.7. The molecule has 11 aromatic rings. The van der Waals surface area contributed by atoms with Crippen LogP contribution in [-0.2, 0) is 0 Å². The van der Waals surface area contributed by atoms with E-state index in [1.807, 2.05) is 11.3 Å². The van der Waals surface area contributed by atoms with Gasteiger partial charge in [-0.05, 0) is 70.8 Å². The van der Waals surface area contributed by atoms with E-state index in [2.05, 4.69) is 173 Å². The topological polar surface area (TPSA) is 22.8 Å². The first-order valence-electron chi connectivity index (χ1n) is 16.6. The zero-order valence-corrected chi connectivity index (χ0v) is 27.2. The lowest BCUT2D eigenvalue weighted by atomic mass is 9.99. The van der Waals surface area contributed by atoms with Crippen molar-refractivity contribution in [2.75, 3.05) is 0 Å². The molecule has 0 spiro atoms. The van der Waals surface area contributed by atoms with Crippen molar-refractivity contribution in [3.63, 3.8) is 0 Å². The number of fused-ring (bicyclic) bond motifs is 13. The van der Waals surface area contributed by atoms with Gasteiger partial charge in [-0.2, -0.15) is 0 Å². The molecule has 0 radical (unpaired) electrons. The Kier molecular flexibility index (Phi) is 5.54. The Bertz CT molecular complexity index is 3090. The average Bonchev–Trinajstić information content (AvgIpc) is 3.86. The number of nitrogens with zero attached hydrogens (tertiary/aromatic N) is 3. The molecule has 0 N–H and O–H groups in total. The van der Waals surface area contributed by atoms with Crippen LogP contribution in [0.15, 0.2) is 164 Å². The van der Waals surface area contributed by atoms with Crippen molar-refractivity contribution in [3.8, 4) is 22.8 Å². The van der Waals surface area contributed by atoms with Crippen molar-refractivity contribution in [2.24, 2.45) is 0 Å². The molecule has 0 saturated heterocycles. The van der Waals surface area contributed by atoms with Gasteiger partial charge in [-0.15, -0.1) is 11.3 Å². The summed E-state index contributed by atoms with van der Waals surface area (Å²) in [5, 5.41) is 10.4. The quantitative estimate of drug-likeness (QED) is 0.188. The molecule has 11 rings (SSSR count). The molecular weight excluding hydrogens is 615 g/mol. The Labute approximate surface area is 285 Å². The second-order valence-corrected chi connectivity index (χ2v) is 13.8. The molecular formula is C45H27N3S. The number of rotatable bonds is 3. The van der Waals surface area contributed by atoms with Crippen LogP contribution in [0.2, 0.25) is 0 Å². The van der Waals surface area contributed by atoms with Crippen molar-refractivity contribution < 1.29 is 0 Å². The molecule has 4 heteroatoms. The van der Waals surface area contributed by atoms with E-state index in [-0.39, 0.29) is 0 Å². The van der Waals surface area contributed by atoms with Crippen molar-refractivity contribution >= 4 is 85.9 Å². The minimum Gasteiger partial charge on any atom is -0.309 e. The summed E-state index contributed by atoms with van der Waals surface area (Å²) in [4.78, 5) is 5.14. The Balaban J connectivity index is 1.23. The minimum absolute atomic E-state index is 0.935. The van der Waals surface area contributed by atoms with E-state index in [1.165, 1.54) is 63.5 Å². The number of para-hydroxylation sites is 4. The predicted molar refractivity (Wildman–Crippen MR) is 209 cm³/mol. The van der Waals surface area contributed by atoms with Gasteiger partial charge < -0.3 is 4.57 Å². The summed E-state index contributed by atoms with van der Waals surface area (Å²) in [5.41, 5.74) is 7.87. The summed E-state index contributed by atoms with van der Waals surface area (Å²) in [5.74, 6) is 0.935. The second kappa shape index (κ2) is 10.1. The third-order valence-corrected chi connectivity index (χ3v) is 11.4. The highest BCUT2D eigenvalue weighted by atomic mass is 32.1. The molecule has 3 nitrogen and oxygen atoms in total. The van der Waals surface area contributed by atoms with Crippen LogP contribution in [0.4, 0.5) is 0 Å². The smallest absolute Gasteiger partial charge is 0.145 e. The van der Waals surface area contributed by atoms with Gasteiger partial charge in [0.05, 0.1) is 22.1 Å². The van der Waals surface area contributed by atoms with E-state index in [9.17, 15) is 0 Å². The predicted octanol–water partition coefficient (Wildman–Crippen LogP) is 12.5.